The van der Waals surface area contributed by atoms with Gasteiger partial charge < -0.3 is 10.2 Å². The molecule has 1 saturated heterocycles. The van der Waals surface area contributed by atoms with E-state index in [2.05, 4.69) is 27.7 Å². The van der Waals surface area contributed by atoms with Gasteiger partial charge in [-0.05, 0) is 24.3 Å². The van der Waals surface area contributed by atoms with Crippen LogP contribution in [0.2, 0.25) is 0 Å². The summed E-state index contributed by atoms with van der Waals surface area (Å²) in [5.41, 5.74) is 0. The first-order valence-corrected chi connectivity index (χ1v) is 8.52. The van der Waals surface area contributed by atoms with Crippen LogP contribution >= 0.6 is 23.1 Å². The average Bonchev–Trinajstić information content (AvgIpc) is 3.13. The van der Waals surface area contributed by atoms with E-state index >= 15 is 0 Å². The van der Waals surface area contributed by atoms with E-state index in [9.17, 15) is 4.79 Å². The van der Waals surface area contributed by atoms with E-state index in [0.29, 0.717) is 11.9 Å². The largest absolute Gasteiger partial charge is 0.333 e. The van der Waals surface area contributed by atoms with E-state index in [1.54, 1.807) is 11.3 Å². The molecular weight excluding hydrogens is 264 g/mol. The van der Waals surface area contributed by atoms with Crippen LogP contribution in [0.4, 0.5) is 0 Å². The Labute approximate surface area is 116 Å². The van der Waals surface area contributed by atoms with Crippen LogP contribution in [0.25, 0.3) is 0 Å². The first-order chi connectivity index (χ1) is 8.84. The molecule has 3 rings (SSSR count). The normalized spacial score (nSPS) is 23.9. The molecule has 0 bridgehead atoms. The lowest BCUT2D eigenvalue weighted by Crippen LogP contribution is -2.50. The highest BCUT2D eigenvalue weighted by atomic mass is 32.2. The van der Waals surface area contributed by atoms with Crippen molar-refractivity contribution in [3.8, 4) is 0 Å². The van der Waals surface area contributed by atoms with Crippen molar-refractivity contribution in [3.63, 3.8) is 0 Å². The molecule has 0 aromatic carbocycles. The minimum atomic E-state index is 0.0318. The highest BCUT2D eigenvalue weighted by Crippen LogP contribution is 2.30. The summed E-state index contributed by atoms with van der Waals surface area (Å²) < 4.78 is 0. The predicted molar refractivity (Wildman–Crippen MR) is 77.0 cm³/mol. The van der Waals surface area contributed by atoms with Gasteiger partial charge in [0.1, 0.15) is 0 Å². The van der Waals surface area contributed by atoms with Gasteiger partial charge in [0, 0.05) is 29.0 Å². The minimum Gasteiger partial charge on any atom is -0.333 e. The zero-order valence-electron chi connectivity index (χ0n) is 10.3. The molecule has 98 valence electrons. The minimum absolute atomic E-state index is 0.0318. The summed E-state index contributed by atoms with van der Waals surface area (Å²) >= 11 is 3.62. The lowest BCUT2D eigenvalue weighted by Gasteiger charge is -2.29. The molecule has 1 aromatic rings. The molecule has 2 fully saturated rings. The van der Waals surface area contributed by atoms with Crippen molar-refractivity contribution in [3.05, 3.63) is 22.4 Å². The zero-order valence-corrected chi connectivity index (χ0v) is 11.9. The van der Waals surface area contributed by atoms with E-state index in [1.807, 2.05) is 11.8 Å². The third-order valence-electron chi connectivity index (χ3n) is 3.40. The Balaban J connectivity index is 1.66. The first-order valence-electron chi connectivity index (χ1n) is 6.48. The summed E-state index contributed by atoms with van der Waals surface area (Å²) in [6.45, 7) is 1.75. The van der Waals surface area contributed by atoms with E-state index < -0.39 is 0 Å². The predicted octanol–water partition coefficient (Wildman–Crippen LogP) is 1.94. The summed E-state index contributed by atoms with van der Waals surface area (Å²) in [4.78, 5) is 15.9. The molecule has 0 radical (unpaired) electrons. The van der Waals surface area contributed by atoms with Gasteiger partial charge >= 0.3 is 0 Å². The molecule has 1 atom stereocenters. The van der Waals surface area contributed by atoms with E-state index in [1.165, 1.54) is 17.7 Å². The lowest BCUT2D eigenvalue weighted by molar-refractivity contribution is -0.134. The number of hydrogen-bond donors (Lipinski definition) is 1. The van der Waals surface area contributed by atoms with Crippen LogP contribution in [0, 0.1) is 0 Å². The molecule has 2 aliphatic rings. The molecule has 1 N–H and O–H groups in total. The van der Waals surface area contributed by atoms with Crippen LogP contribution in [0.5, 0.6) is 0 Å². The van der Waals surface area contributed by atoms with E-state index in [-0.39, 0.29) is 6.04 Å². The van der Waals surface area contributed by atoms with Gasteiger partial charge in [0.25, 0.3) is 0 Å². The maximum Gasteiger partial charge on any atom is 0.241 e. The molecule has 3 nitrogen and oxygen atoms in total. The fourth-order valence-corrected chi connectivity index (χ4v) is 3.90. The molecule has 5 heteroatoms. The fraction of sp³-hybridized carbons (Fsp3) is 0.615. The second-order valence-corrected chi connectivity index (χ2v) is 7.04. The first kappa shape index (κ1) is 12.5. The lowest BCUT2D eigenvalue weighted by atomic mass is 10.2. The van der Waals surface area contributed by atoms with Gasteiger partial charge in [0.05, 0.1) is 12.6 Å². The van der Waals surface area contributed by atoms with Gasteiger partial charge in [0.2, 0.25) is 5.91 Å². The van der Waals surface area contributed by atoms with Crippen molar-refractivity contribution >= 4 is 29.0 Å². The van der Waals surface area contributed by atoms with Crippen molar-refractivity contribution < 1.29 is 4.79 Å². The van der Waals surface area contributed by atoms with E-state index in [4.69, 9.17) is 0 Å². The monoisotopic (exact) mass is 282 g/mol. The number of thiophene rings is 1. The maximum atomic E-state index is 12.6. The van der Waals surface area contributed by atoms with E-state index in [0.717, 1.165) is 24.6 Å². The van der Waals surface area contributed by atoms with Gasteiger partial charge in [-0.2, -0.15) is 11.8 Å². The quantitative estimate of drug-likeness (QED) is 0.916. The van der Waals surface area contributed by atoms with Crippen LogP contribution in [0.15, 0.2) is 17.5 Å². The molecule has 18 heavy (non-hydrogen) atoms. The zero-order chi connectivity index (χ0) is 12.4. The standard InChI is InChI=1S/C13H18N2OS2/c16-13(12-9-17-7-5-14-12)15(10-3-4-10)8-11-2-1-6-18-11/h1-2,6,10,12,14H,3-5,7-9H2. The second-order valence-electron chi connectivity index (χ2n) is 4.86. The number of hydrogen-bond acceptors (Lipinski definition) is 4. The maximum absolute atomic E-state index is 12.6. The number of thioether (sulfide) groups is 1. The van der Waals surface area contributed by atoms with Crippen molar-refractivity contribution in [2.75, 3.05) is 18.1 Å². The third-order valence-corrected chi connectivity index (χ3v) is 5.32. The van der Waals surface area contributed by atoms with Crippen LogP contribution < -0.4 is 5.32 Å². The number of rotatable bonds is 4. The Morgan fingerprint density at radius 1 is 1.50 bits per heavy atom. The number of carbonyl (C=O) groups is 1. The summed E-state index contributed by atoms with van der Waals surface area (Å²) in [7, 11) is 0. The number of nitrogens with zero attached hydrogens (tertiary/aromatic N) is 1. The highest BCUT2D eigenvalue weighted by Gasteiger charge is 2.36. The van der Waals surface area contributed by atoms with Crippen molar-refractivity contribution in [1.82, 2.24) is 10.2 Å². The van der Waals surface area contributed by atoms with Crippen LogP contribution in [-0.2, 0) is 11.3 Å². The molecule has 1 amide bonds. The van der Waals surface area contributed by atoms with Gasteiger partial charge in [0.15, 0.2) is 0 Å². The summed E-state index contributed by atoms with van der Waals surface area (Å²) in [6, 6.07) is 4.71. The second kappa shape index (κ2) is 5.63. The summed E-state index contributed by atoms with van der Waals surface area (Å²) in [6.07, 6.45) is 2.36. The van der Waals surface area contributed by atoms with Crippen molar-refractivity contribution in [2.24, 2.45) is 0 Å². The van der Waals surface area contributed by atoms with Gasteiger partial charge in [-0.1, -0.05) is 6.07 Å². The SMILES string of the molecule is O=C(C1CSCCN1)N(Cc1cccs1)C1CC1. The van der Waals surface area contributed by atoms with Crippen molar-refractivity contribution in [2.45, 2.75) is 31.5 Å². The highest BCUT2D eigenvalue weighted by molar-refractivity contribution is 7.99. The van der Waals surface area contributed by atoms with Gasteiger partial charge in [-0.25, -0.2) is 0 Å². The molecule has 1 aromatic heterocycles. The molecule has 1 aliphatic carbocycles. The number of amides is 1. The molecule has 1 saturated carbocycles. The molecular formula is C13H18N2OS2. The molecule has 1 aliphatic heterocycles. The Bertz CT molecular complexity index is 397. The fourth-order valence-electron chi connectivity index (χ4n) is 2.27. The smallest absolute Gasteiger partial charge is 0.241 e. The average molecular weight is 282 g/mol. The third kappa shape index (κ3) is 2.90. The van der Waals surface area contributed by atoms with Gasteiger partial charge in [-0.3, -0.25) is 4.79 Å². The Morgan fingerprint density at radius 2 is 2.39 bits per heavy atom. The Kier molecular flexibility index (Phi) is 3.91. The Hall–Kier alpha value is -0.520. The Morgan fingerprint density at radius 3 is 3.00 bits per heavy atom. The topological polar surface area (TPSA) is 32.3 Å². The van der Waals surface area contributed by atoms with Crippen LogP contribution in [0.1, 0.15) is 17.7 Å². The summed E-state index contributed by atoms with van der Waals surface area (Å²) in [5, 5.41) is 5.44. The molecule has 2 heterocycles. The van der Waals surface area contributed by atoms with Gasteiger partial charge in [-0.15, -0.1) is 11.3 Å². The van der Waals surface area contributed by atoms with Crippen LogP contribution in [0.3, 0.4) is 0 Å². The molecule has 0 spiro atoms. The van der Waals surface area contributed by atoms with Crippen LogP contribution in [-0.4, -0.2) is 40.9 Å². The number of nitrogens with one attached hydrogen (secondary N) is 1. The molecule has 1 unspecified atom stereocenters. The number of carbonyl (C=O) groups excluding carboxylic acids is 1. The van der Waals surface area contributed by atoms with Crippen molar-refractivity contribution in [1.29, 1.82) is 0 Å². The summed E-state index contributed by atoms with van der Waals surface area (Å²) in [5.74, 6) is 2.35.